The van der Waals surface area contributed by atoms with E-state index >= 15 is 0 Å². The summed E-state index contributed by atoms with van der Waals surface area (Å²) in [5, 5.41) is 1.63. The summed E-state index contributed by atoms with van der Waals surface area (Å²) in [6.07, 6.45) is -2.66. The Bertz CT molecular complexity index is 542. The minimum absolute atomic E-state index is 0.236. The number of halogens is 2. The van der Waals surface area contributed by atoms with E-state index in [2.05, 4.69) is 0 Å². The van der Waals surface area contributed by atoms with Gasteiger partial charge in [-0.25, -0.2) is 9.76 Å². The van der Waals surface area contributed by atoms with Gasteiger partial charge >= 0.3 is 7.67 Å². The highest BCUT2D eigenvalue weighted by molar-refractivity contribution is 7.54. The van der Waals surface area contributed by atoms with Gasteiger partial charge in [-0.15, -0.1) is 23.2 Å². The van der Waals surface area contributed by atoms with Crippen LogP contribution in [0.25, 0.3) is 0 Å². The summed E-state index contributed by atoms with van der Waals surface area (Å²) in [5.74, 6) is -4.25. The first-order chi connectivity index (χ1) is 10.3. The van der Waals surface area contributed by atoms with Crippen molar-refractivity contribution in [2.45, 2.75) is 6.37 Å². The largest absolute Gasteiger partial charge is 0.343 e. The summed E-state index contributed by atoms with van der Waals surface area (Å²) < 4.78 is 93.3. The zero-order valence-corrected chi connectivity index (χ0v) is 9.29. The molecule has 1 aliphatic rings. The van der Waals surface area contributed by atoms with Gasteiger partial charge in [-0.3, -0.25) is 4.57 Å². The third-order valence-corrected chi connectivity index (χ3v) is 3.06. The van der Waals surface area contributed by atoms with E-state index in [-0.39, 0.29) is 4.67 Å². The quantitative estimate of drug-likeness (QED) is 0.612. The molecule has 1 atom stereocenters. The van der Waals surface area contributed by atoms with Gasteiger partial charge in [0.15, 0.2) is 0 Å². The molecule has 0 amide bonds. The van der Waals surface area contributed by atoms with Gasteiger partial charge in [0, 0.05) is 44.9 Å². The fourth-order valence-corrected chi connectivity index (χ4v) is 2.23. The molecule has 14 heavy (non-hydrogen) atoms. The van der Waals surface area contributed by atoms with Crippen LogP contribution in [0, 0.1) is 0 Å². The van der Waals surface area contributed by atoms with Gasteiger partial charge in [0.2, 0.25) is 0 Å². The number of hydrogen-bond donors (Lipinski definition) is 1. The number of hydrogen-bond acceptors (Lipinski definition) is 2. The minimum atomic E-state index is -4.97. The first kappa shape index (κ1) is 4.52. The lowest BCUT2D eigenvalue weighted by Gasteiger charge is -2.33. The molecule has 1 aliphatic heterocycles. The lowest BCUT2D eigenvalue weighted by atomic mass is 10.5. The summed E-state index contributed by atoms with van der Waals surface area (Å²) >= 11 is 10.8. The molecule has 0 bridgehead atoms. The van der Waals surface area contributed by atoms with Crippen LogP contribution in [0.15, 0.2) is 0 Å². The van der Waals surface area contributed by atoms with Crippen LogP contribution in [0.5, 0.6) is 0 Å². The van der Waals surface area contributed by atoms with Crippen LogP contribution >= 0.6 is 30.9 Å². The fourth-order valence-electron chi connectivity index (χ4n) is 0.701. The SMILES string of the molecule is [2H]C([2H])(CCl)N(C([2H])([2H])C([2H])([2H])Cl)P1(=O)NC([2H])([2H])C([2H])([2H])CO1. The predicted molar refractivity (Wildman–Crippen MR) is 59.2 cm³/mol. The molecule has 1 rings (SSSR count). The molecule has 84 valence electrons. The van der Waals surface area contributed by atoms with Crippen molar-refractivity contribution in [1.29, 1.82) is 0 Å². The number of nitrogens with zero attached hydrogens (tertiary/aromatic N) is 1. The van der Waals surface area contributed by atoms with Crippen molar-refractivity contribution in [1.82, 2.24) is 9.76 Å². The van der Waals surface area contributed by atoms with Crippen molar-refractivity contribution in [2.75, 3.05) is 37.8 Å². The van der Waals surface area contributed by atoms with Gasteiger partial charge in [0.05, 0.1) is 6.61 Å². The van der Waals surface area contributed by atoms with Crippen LogP contribution in [-0.4, -0.2) is 42.5 Å². The Labute approximate surface area is 108 Å². The molecule has 0 aromatic heterocycles. The third kappa shape index (κ3) is 3.37. The van der Waals surface area contributed by atoms with Crippen LogP contribution in [-0.2, 0) is 9.09 Å². The maximum absolute atomic E-state index is 13.0. The second kappa shape index (κ2) is 6.31. The average molecular weight is 271 g/mol. The molecule has 0 aromatic rings. The molecule has 1 heterocycles. The third-order valence-electron chi connectivity index (χ3n) is 1.22. The maximum atomic E-state index is 13.0. The monoisotopic (exact) mass is 270 g/mol. The molecule has 1 N–H and O–H groups in total. The van der Waals surface area contributed by atoms with Gasteiger partial charge in [-0.05, 0) is 6.37 Å². The van der Waals surface area contributed by atoms with Crippen molar-refractivity contribution < 1.29 is 22.8 Å². The van der Waals surface area contributed by atoms with E-state index in [1.807, 2.05) is 0 Å². The summed E-state index contributed by atoms with van der Waals surface area (Å²) in [6, 6.07) is 0. The lowest BCUT2D eigenvalue weighted by molar-refractivity contribution is 0.233. The standard InChI is InChI=1S/C7H15Cl2N2O2P/c8-2-5-11(6-3-9)14(12)10-4-1-7-13-14/h1-7H2,(H,10,12)/i1D2,2D2,4D2,5D2,6D2. The molecule has 1 unspecified atom stereocenters. The Morgan fingerprint density at radius 3 is 3.00 bits per heavy atom. The lowest BCUT2D eigenvalue weighted by Crippen LogP contribution is -2.35. The van der Waals surface area contributed by atoms with Gasteiger partial charge in [-0.2, -0.15) is 0 Å². The van der Waals surface area contributed by atoms with Crippen molar-refractivity contribution in [3.63, 3.8) is 0 Å². The zero-order chi connectivity index (χ0) is 19.4. The minimum Gasteiger partial charge on any atom is -0.306 e. The molecular weight excluding hydrogens is 246 g/mol. The summed E-state index contributed by atoms with van der Waals surface area (Å²) in [7, 11) is -4.97. The maximum Gasteiger partial charge on any atom is 0.343 e. The van der Waals surface area contributed by atoms with Crippen LogP contribution in [0.4, 0.5) is 0 Å². The van der Waals surface area contributed by atoms with E-state index in [1.54, 1.807) is 5.09 Å². The summed E-state index contributed by atoms with van der Waals surface area (Å²) in [5.41, 5.74) is 0. The van der Waals surface area contributed by atoms with Crippen molar-refractivity contribution in [3.8, 4) is 0 Å². The Kier molecular flexibility index (Phi) is 2.04. The van der Waals surface area contributed by atoms with E-state index in [9.17, 15) is 4.57 Å². The van der Waals surface area contributed by atoms with E-state index in [0.29, 0.717) is 0 Å². The Morgan fingerprint density at radius 2 is 2.43 bits per heavy atom. The second-order valence-electron chi connectivity index (χ2n) is 2.02. The molecule has 1 fully saturated rings. The highest BCUT2D eigenvalue weighted by Gasteiger charge is 2.32. The molecule has 1 saturated heterocycles. The summed E-state index contributed by atoms with van der Waals surface area (Å²) in [4.78, 5) is 0. The van der Waals surface area contributed by atoms with Crippen molar-refractivity contribution >= 4 is 30.9 Å². The predicted octanol–water partition coefficient (Wildman–Crippen LogP) is 1.88. The van der Waals surface area contributed by atoms with Crippen LogP contribution in [0.3, 0.4) is 0 Å². The van der Waals surface area contributed by atoms with E-state index in [1.165, 1.54) is 0 Å². The smallest absolute Gasteiger partial charge is 0.306 e. The van der Waals surface area contributed by atoms with Crippen molar-refractivity contribution in [3.05, 3.63) is 0 Å². The second-order valence-corrected chi connectivity index (χ2v) is 4.40. The van der Waals surface area contributed by atoms with E-state index in [4.69, 9.17) is 41.4 Å². The molecule has 0 saturated carbocycles. The highest BCUT2D eigenvalue weighted by Crippen LogP contribution is 2.47. The topological polar surface area (TPSA) is 41.6 Å². The number of nitrogens with one attached hydrogen (secondary N) is 1. The first-order valence-corrected chi connectivity index (χ1v) is 5.93. The molecule has 7 heteroatoms. The van der Waals surface area contributed by atoms with Gasteiger partial charge in [0.1, 0.15) is 0 Å². The molecule has 4 nitrogen and oxygen atoms in total. The van der Waals surface area contributed by atoms with Gasteiger partial charge in [-0.1, -0.05) is 0 Å². The number of rotatable bonds is 5. The van der Waals surface area contributed by atoms with E-state index in [0.717, 1.165) is 0 Å². The van der Waals surface area contributed by atoms with Gasteiger partial charge in [0.25, 0.3) is 0 Å². The Balaban J connectivity index is 3.50. The molecule has 0 aromatic carbocycles. The molecule has 0 radical (unpaired) electrons. The van der Waals surface area contributed by atoms with Gasteiger partial charge < -0.3 is 4.52 Å². The zero-order valence-electron chi connectivity index (χ0n) is 16.9. The Hall–Kier alpha value is 0.690. The normalized spacial score (nSPS) is 49.1. The molecule has 0 aliphatic carbocycles. The molecular formula is C7H15Cl2N2O2P. The Morgan fingerprint density at radius 1 is 1.64 bits per heavy atom. The van der Waals surface area contributed by atoms with Crippen LogP contribution in [0.2, 0.25) is 0 Å². The van der Waals surface area contributed by atoms with Crippen LogP contribution < -0.4 is 5.09 Å². The first-order valence-electron chi connectivity index (χ1n) is 8.44. The average Bonchev–Trinajstić information content (AvgIpc) is 2.32. The summed E-state index contributed by atoms with van der Waals surface area (Å²) in [6.45, 7) is -10.5. The highest BCUT2D eigenvalue weighted by atomic mass is 35.5. The fraction of sp³-hybridized carbons (Fsp3) is 1.00. The van der Waals surface area contributed by atoms with Crippen molar-refractivity contribution in [2.24, 2.45) is 0 Å². The molecule has 0 spiro atoms. The number of alkyl halides is 2. The van der Waals surface area contributed by atoms with E-state index < -0.39 is 51.9 Å². The van der Waals surface area contributed by atoms with Crippen LogP contribution in [0.1, 0.15) is 20.1 Å².